The third kappa shape index (κ3) is 8.50. The molecule has 0 saturated carbocycles. The molecular weight excluding hydrogens is 500 g/mol. The number of hydrogen-bond acceptors (Lipinski definition) is 5. The number of nitrogens with one attached hydrogen (secondary N) is 1. The minimum atomic E-state index is -4.56. The van der Waals surface area contributed by atoms with E-state index >= 15 is 0 Å². The summed E-state index contributed by atoms with van der Waals surface area (Å²) >= 11 is 0. The number of rotatable bonds is 11. The van der Waals surface area contributed by atoms with E-state index in [0.717, 1.165) is 23.1 Å². The van der Waals surface area contributed by atoms with Gasteiger partial charge in [-0.25, -0.2) is 18.2 Å². The quantitative estimate of drug-likeness (QED) is 0.233. The number of alkyl halides is 5. The van der Waals surface area contributed by atoms with Crippen molar-refractivity contribution < 1.29 is 31.1 Å². The molecule has 202 valence electrons. The monoisotopic (exact) mass is 529 g/mol. The summed E-state index contributed by atoms with van der Waals surface area (Å²) in [6.45, 7) is 2.00. The molecule has 0 spiro atoms. The molecular formula is C25H29F6N5O. The van der Waals surface area contributed by atoms with E-state index in [9.17, 15) is 31.1 Å². The van der Waals surface area contributed by atoms with Crippen molar-refractivity contribution in [3.8, 4) is 0 Å². The van der Waals surface area contributed by atoms with Gasteiger partial charge in [-0.05, 0) is 36.8 Å². The van der Waals surface area contributed by atoms with E-state index in [1.54, 1.807) is 6.92 Å². The van der Waals surface area contributed by atoms with Crippen LogP contribution >= 0.6 is 0 Å². The molecule has 0 radical (unpaired) electrons. The zero-order valence-corrected chi connectivity index (χ0v) is 20.6. The van der Waals surface area contributed by atoms with Crippen molar-refractivity contribution in [2.45, 2.75) is 44.8 Å². The number of allylic oxidation sites excluding steroid dienone is 1. The lowest BCUT2D eigenvalue weighted by Crippen LogP contribution is -2.49. The number of nitrogens with zero attached hydrogens (tertiary/aromatic N) is 3. The Kier molecular flexibility index (Phi) is 10.1. The summed E-state index contributed by atoms with van der Waals surface area (Å²) in [6.07, 6.45) is -2.99. The molecule has 1 atom stereocenters. The number of nitrogens with two attached hydrogens (primary N) is 1. The third-order valence-corrected chi connectivity index (χ3v) is 5.39. The molecule has 6 nitrogen and oxygen atoms in total. The van der Waals surface area contributed by atoms with Gasteiger partial charge in [0, 0.05) is 44.0 Å². The first kappa shape index (κ1) is 29.7. The van der Waals surface area contributed by atoms with Gasteiger partial charge in [0.25, 0.3) is 11.8 Å². The van der Waals surface area contributed by atoms with Crippen LogP contribution in [-0.4, -0.2) is 54.1 Å². The zero-order chi connectivity index (χ0) is 27.8. The Morgan fingerprint density at radius 3 is 2.46 bits per heavy atom. The number of aliphatic imine (C=N–C) groups is 1. The number of aromatic nitrogens is 1. The predicted molar refractivity (Wildman–Crippen MR) is 131 cm³/mol. The lowest BCUT2D eigenvalue weighted by atomic mass is 10.0. The topological polar surface area (TPSA) is 83.6 Å². The number of halogens is 6. The summed E-state index contributed by atoms with van der Waals surface area (Å²) < 4.78 is 81.4. The maximum atomic E-state index is 14.6. The SMILES string of the molecule is CCCC(F)(F)CN(C(=O)C(N)=C(C=NC)c1cccc(F)c1)C(C)CNc1ccc(C(F)(F)F)cn1. The number of hydrogen-bond donors (Lipinski definition) is 2. The molecule has 0 aliphatic rings. The van der Waals surface area contributed by atoms with Crippen LogP contribution < -0.4 is 11.1 Å². The highest BCUT2D eigenvalue weighted by molar-refractivity contribution is 6.18. The van der Waals surface area contributed by atoms with Crippen molar-refractivity contribution >= 4 is 23.5 Å². The van der Waals surface area contributed by atoms with Crippen LogP contribution in [0.2, 0.25) is 0 Å². The lowest BCUT2D eigenvalue weighted by molar-refractivity contribution is -0.138. The van der Waals surface area contributed by atoms with Crippen LogP contribution in [0.15, 0.2) is 53.3 Å². The van der Waals surface area contributed by atoms with Crippen LogP contribution in [0, 0.1) is 5.82 Å². The van der Waals surface area contributed by atoms with Crippen LogP contribution in [0.4, 0.5) is 32.2 Å². The summed E-state index contributed by atoms with van der Waals surface area (Å²) in [5.74, 6) is -4.68. The van der Waals surface area contributed by atoms with Gasteiger partial charge in [-0.15, -0.1) is 0 Å². The fraction of sp³-hybridized carbons (Fsp3) is 0.400. The highest BCUT2D eigenvalue weighted by atomic mass is 19.4. The van der Waals surface area contributed by atoms with E-state index in [-0.39, 0.29) is 29.9 Å². The summed E-state index contributed by atoms with van der Waals surface area (Å²) in [5, 5.41) is 2.76. The van der Waals surface area contributed by atoms with E-state index in [4.69, 9.17) is 5.73 Å². The van der Waals surface area contributed by atoms with Gasteiger partial charge in [0.1, 0.15) is 17.3 Å². The highest BCUT2D eigenvalue weighted by Crippen LogP contribution is 2.29. The van der Waals surface area contributed by atoms with E-state index in [0.29, 0.717) is 6.20 Å². The van der Waals surface area contributed by atoms with Crippen LogP contribution in [0.25, 0.3) is 5.57 Å². The maximum Gasteiger partial charge on any atom is 0.417 e. The molecule has 12 heteroatoms. The fourth-order valence-corrected chi connectivity index (χ4v) is 3.51. The van der Waals surface area contributed by atoms with Gasteiger partial charge < -0.3 is 16.0 Å². The van der Waals surface area contributed by atoms with Crippen LogP contribution in [0.3, 0.4) is 0 Å². The van der Waals surface area contributed by atoms with Crippen molar-refractivity contribution in [2.75, 3.05) is 25.5 Å². The molecule has 1 amide bonds. The first-order chi connectivity index (χ1) is 17.3. The van der Waals surface area contributed by atoms with Crippen molar-refractivity contribution in [1.82, 2.24) is 9.88 Å². The summed E-state index contributed by atoms with van der Waals surface area (Å²) in [7, 11) is 1.41. The molecule has 2 aromatic rings. The average Bonchev–Trinajstić information content (AvgIpc) is 2.83. The number of amides is 1. The molecule has 0 aliphatic heterocycles. The first-order valence-electron chi connectivity index (χ1n) is 11.4. The number of pyridine rings is 1. The Morgan fingerprint density at radius 2 is 1.92 bits per heavy atom. The Labute approximate surface area is 211 Å². The Bertz CT molecular complexity index is 1120. The molecule has 1 unspecified atom stereocenters. The summed E-state index contributed by atoms with van der Waals surface area (Å²) in [4.78, 5) is 21.8. The molecule has 1 heterocycles. The normalized spacial score (nSPS) is 13.9. The van der Waals surface area contributed by atoms with Gasteiger partial charge in [-0.3, -0.25) is 9.79 Å². The van der Waals surface area contributed by atoms with E-state index in [1.165, 1.54) is 38.4 Å². The minimum Gasteiger partial charge on any atom is -0.394 e. The van der Waals surface area contributed by atoms with Gasteiger partial charge >= 0.3 is 6.18 Å². The summed E-state index contributed by atoms with van der Waals surface area (Å²) in [6, 6.07) is 6.28. The Morgan fingerprint density at radius 1 is 1.22 bits per heavy atom. The maximum absolute atomic E-state index is 14.6. The molecule has 0 saturated heterocycles. The largest absolute Gasteiger partial charge is 0.417 e. The van der Waals surface area contributed by atoms with Crippen LogP contribution in [-0.2, 0) is 11.0 Å². The van der Waals surface area contributed by atoms with E-state index in [1.807, 2.05) is 0 Å². The highest BCUT2D eigenvalue weighted by Gasteiger charge is 2.36. The van der Waals surface area contributed by atoms with Crippen molar-refractivity contribution in [3.05, 3.63) is 65.2 Å². The van der Waals surface area contributed by atoms with E-state index < -0.39 is 54.1 Å². The first-order valence-corrected chi connectivity index (χ1v) is 11.4. The van der Waals surface area contributed by atoms with Gasteiger partial charge in [0.15, 0.2) is 0 Å². The smallest absolute Gasteiger partial charge is 0.394 e. The second kappa shape index (κ2) is 12.6. The van der Waals surface area contributed by atoms with Gasteiger partial charge in [-0.1, -0.05) is 25.5 Å². The minimum absolute atomic E-state index is 0.0559. The molecule has 0 aliphatic carbocycles. The molecule has 3 N–H and O–H groups in total. The van der Waals surface area contributed by atoms with Crippen molar-refractivity contribution in [2.24, 2.45) is 10.7 Å². The molecule has 1 aromatic heterocycles. The van der Waals surface area contributed by atoms with Crippen LogP contribution in [0.5, 0.6) is 0 Å². The second-order valence-electron chi connectivity index (χ2n) is 8.42. The van der Waals surface area contributed by atoms with Gasteiger partial charge in [0.2, 0.25) is 0 Å². The van der Waals surface area contributed by atoms with E-state index in [2.05, 4.69) is 15.3 Å². The van der Waals surface area contributed by atoms with Crippen molar-refractivity contribution in [3.63, 3.8) is 0 Å². The predicted octanol–water partition coefficient (Wildman–Crippen LogP) is 5.37. The molecule has 2 rings (SSSR count). The number of benzene rings is 1. The molecule has 37 heavy (non-hydrogen) atoms. The molecule has 1 aromatic carbocycles. The Balaban J connectivity index is 2.37. The molecule has 0 bridgehead atoms. The van der Waals surface area contributed by atoms with Gasteiger partial charge in [0.05, 0.1) is 12.1 Å². The standard InChI is InChI=1S/C25H29F6N5O/c1-4-10-24(27,28)15-36(16(2)12-34-21-9-8-18(13-35-21)25(29,30)31)23(37)22(32)20(14-33-3)17-6-5-7-19(26)11-17/h5-9,11,13-14,16H,4,10,12,15,32H2,1-3H3,(H,34,35). The number of anilines is 1. The van der Waals surface area contributed by atoms with Crippen LogP contribution in [0.1, 0.15) is 37.8 Å². The fourth-order valence-electron chi connectivity index (χ4n) is 3.51. The van der Waals surface area contributed by atoms with Gasteiger partial charge in [-0.2, -0.15) is 13.2 Å². The lowest BCUT2D eigenvalue weighted by Gasteiger charge is -2.33. The second-order valence-corrected chi connectivity index (χ2v) is 8.42. The summed E-state index contributed by atoms with van der Waals surface area (Å²) in [5.41, 5.74) is 5.05. The zero-order valence-electron chi connectivity index (χ0n) is 20.6. The number of carbonyl (C=O) groups is 1. The number of carbonyl (C=O) groups excluding carboxylic acids is 1. The Hall–Kier alpha value is -3.57. The average molecular weight is 530 g/mol. The van der Waals surface area contributed by atoms with Crippen molar-refractivity contribution in [1.29, 1.82) is 0 Å². The molecule has 0 fully saturated rings. The third-order valence-electron chi connectivity index (χ3n) is 5.39.